The molecule has 20 aromatic carbocycles. The minimum atomic E-state index is 1.11. The van der Waals surface area contributed by atoms with Crippen LogP contribution < -0.4 is 19.6 Å². The Morgan fingerprint density at radius 2 is 0.379 bits per heavy atom. The van der Waals surface area contributed by atoms with Gasteiger partial charge in [-0.2, -0.15) is 0 Å². The van der Waals surface area contributed by atoms with Crippen molar-refractivity contribution in [2.45, 2.75) is 0 Å². The van der Waals surface area contributed by atoms with Crippen molar-refractivity contribution < 1.29 is 0 Å². The number of nitrogens with zero attached hydrogens (tertiary/aromatic N) is 4. The molecule has 0 aliphatic heterocycles. The summed E-state index contributed by atoms with van der Waals surface area (Å²) in [5.74, 6) is 0. The van der Waals surface area contributed by atoms with Crippen LogP contribution in [0.5, 0.6) is 0 Å². The van der Waals surface area contributed by atoms with E-state index in [1.165, 1.54) is 110 Å². The largest absolute Gasteiger partial charge is 0.310 e. The van der Waals surface area contributed by atoms with Crippen LogP contribution in [0.3, 0.4) is 0 Å². The van der Waals surface area contributed by atoms with Crippen LogP contribution in [0.4, 0.5) is 68.2 Å². The second-order valence-electron chi connectivity index (χ2n) is 29.1. The predicted octanol–water partition coefficient (Wildman–Crippen LogP) is 31.9. The molecule has 0 aromatic heterocycles. The molecule has 548 valence electrons. The monoisotopic (exact) mass is 1480 g/mol. The van der Waals surface area contributed by atoms with Crippen molar-refractivity contribution in [1.29, 1.82) is 0 Å². The van der Waals surface area contributed by atoms with E-state index in [1.54, 1.807) is 0 Å². The molecule has 0 radical (unpaired) electrons. The van der Waals surface area contributed by atoms with Crippen molar-refractivity contribution in [1.82, 2.24) is 0 Å². The second-order valence-corrected chi connectivity index (χ2v) is 29.1. The average Bonchev–Trinajstić information content (AvgIpc) is 0.738. The van der Waals surface area contributed by atoms with Gasteiger partial charge in [-0.1, -0.05) is 340 Å². The summed E-state index contributed by atoms with van der Waals surface area (Å²) in [4.78, 5) is 9.35. The Balaban J connectivity index is 0.000000155. The Hall–Kier alpha value is -15.4. The highest BCUT2D eigenvalue weighted by molar-refractivity contribution is 6.14. The lowest BCUT2D eigenvalue weighted by molar-refractivity contribution is 1.29. The van der Waals surface area contributed by atoms with Crippen LogP contribution in [0.15, 0.2) is 485 Å². The van der Waals surface area contributed by atoms with Crippen LogP contribution in [0.2, 0.25) is 0 Å². The molecule has 20 aromatic rings. The Kier molecular flexibility index (Phi) is 19.9. The van der Waals surface area contributed by atoms with Gasteiger partial charge in [0.2, 0.25) is 0 Å². The molecule has 20 rings (SSSR count). The smallest absolute Gasteiger partial charge is 0.0540 e. The standard InChI is InChI=1S/2C56H40N2/c1-6-21-41(22-7-1)46-35-20-36-52(49-37-39-54(50-33-18-16-31-47(49)50)57(42-23-8-2-9-24-42)43-25-10-3-11-26-43)56(46)53-38-40-55(51-34-19-17-32-48(51)53)58(44-27-12-4-13-28-44)45-29-14-5-15-30-45;1-5-13-51(14-6-1)57(52-15-7-2-8-16-52)55-35-33-47-37-45(29-31-49(47)39-55)43-25-21-41(22-26-43)42-23-27-44(28-24-42)46-30-32-50-40-56(36-34-48(50)38-46)58(53-17-9-3-10-18-53)54-19-11-4-12-20-54/h2*1-40H. The molecule has 0 aliphatic carbocycles. The minimum absolute atomic E-state index is 1.11. The molecule has 0 saturated carbocycles. The van der Waals surface area contributed by atoms with Crippen molar-refractivity contribution in [3.8, 4) is 66.8 Å². The first-order chi connectivity index (χ1) is 57.6. The highest BCUT2D eigenvalue weighted by atomic mass is 15.2. The topological polar surface area (TPSA) is 13.0 Å². The van der Waals surface area contributed by atoms with Crippen molar-refractivity contribution in [2.24, 2.45) is 0 Å². The van der Waals surface area contributed by atoms with Gasteiger partial charge in [-0.15, -0.1) is 0 Å². The summed E-state index contributed by atoms with van der Waals surface area (Å²) in [7, 11) is 0. The number of para-hydroxylation sites is 8. The molecule has 0 fully saturated rings. The molecular formula is C112H80N4. The van der Waals surface area contributed by atoms with E-state index in [1.807, 2.05) is 0 Å². The van der Waals surface area contributed by atoms with Crippen LogP contribution in [-0.2, 0) is 0 Å². The average molecular weight is 1480 g/mol. The van der Waals surface area contributed by atoms with E-state index in [9.17, 15) is 0 Å². The first-order valence-corrected chi connectivity index (χ1v) is 39.7. The molecule has 0 unspecified atom stereocenters. The van der Waals surface area contributed by atoms with Crippen LogP contribution in [0.1, 0.15) is 0 Å². The summed E-state index contributed by atoms with van der Waals surface area (Å²) in [5.41, 5.74) is 27.9. The molecule has 4 heteroatoms. The Labute approximate surface area is 678 Å². The van der Waals surface area contributed by atoms with Gasteiger partial charge in [-0.25, -0.2) is 0 Å². The fourth-order valence-electron chi connectivity index (χ4n) is 16.5. The molecule has 0 atom stereocenters. The number of hydrogen-bond donors (Lipinski definition) is 0. The van der Waals surface area contributed by atoms with E-state index >= 15 is 0 Å². The van der Waals surface area contributed by atoms with Crippen LogP contribution >= 0.6 is 0 Å². The summed E-state index contributed by atoms with van der Waals surface area (Å²) >= 11 is 0. The van der Waals surface area contributed by atoms with Crippen LogP contribution in [-0.4, -0.2) is 0 Å². The second kappa shape index (κ2) is 32.5. The quantitative estimate of drug-likeness (QED) is 0.0849. The molecule has 0 amide bonds. The Morgan fingerprint density at radius 3 is 0.733 bits per heavy atom. The van der Waals surface area contributed by atoms with E-state index in [0.717, 1.165) is 68.2 Å². The maximum Gasteiger partial charge on any atom is 0.0540 e. The highest BCUT2D eigenvalue weighted by Gasteiger charge is 2.25. The zero-order valence-electron chi connectivity index (χ0n) is 64.0. The van der Waals surface area contributed by atoms with E-state index in [2.05, 4.69) is 505 Å². The predicted molar refractivity (Wildman–Crippen MR) is 494 cm³/mol. The number of fused-ring (bicyclic) bond motifs is 4. The fraction of sp³-hybridized carbons (Fsp3) is 0. The molecule has 116 heavy (non-hydrogen) atoms. The van der Waals surface area contributed by atoms with Crippen molar-refractivity contribution in [3.63, 3.8) is 0 Å². The van der Waals surface area contributed by atoms with Gasteiger partial charge in [0.1, 0.15) is 0 Å². The maximum atomic E-state index is 2.37. The fourth-order valence-corrected chi connectivity index (χ4v) is 16.5. The van der Waals surface area contributed by atoms with E-state index in [0.29, 0.717) is 0 Å². The van der Waals surface area contributed by atoms with Crippen LogP contribution in [0.25, 0.3) is 110 Å². The van der Waals surface area contributed by atoms with E-state index in [-0.39, 0.29) is 0 Å². The summed E-state index contributed by atoms with van der Waals surface area (Å²) in [6.07, 6.45) is 0. The molecule has 0 N–H and O–H groups in total. The third-order valence-corrected chi connectivity index (χ3v) is 22.0. The number of anilines is 12. The first kappa shape index (κ1) is 71.0. The molecule has 4 nitrogen and oxygen atoms in total. The van der Waals surface area contributed by atoms with Gasteiger partial charge in [0, 0.05) is 67.6 Å². The van der Waals surface area contributed by atoms with Crippen molar-refractivity contribution >= 4 is 111 Å². The lowest BCUT2D eigenvalue weighted by Crippen LogP contribution is -2.10. The maximum absolute atomic E-state index is 2.37. The highest BCUT2D eigenvalue weighted by Crippen LogP contribution is 2.50. The van der Waals surface area contributed by atoms with E-state index < -0.39 is 0 Å². The van der Waals surface area contributed by atoms with Gasteiger partial charge < -0.3 is 19.6 Å². The number of rotatable bonds is 18. The molecule has 0 aliphatic rings. The van der Waals surface area contributed by atoms with Gasteiger partial charge in [-0.05, 0) is 245 Å². The van der Waals surface area contributed by atoms with Gasteiger partial charge in [-0.3, -0.25) is 0 Å². The first-order valence-electron chi connectivity index (χ1n) is 39.7. The number of benzene rings is 20. The van der Waals surface area contributed by atoms with Gasteiger partial charge >= 0.3 is 0 Å². The summed E-state index contributed by atoms with van der Waals surface area (Å²) < 4.78 is 0. The van der Waals surface area contributed by atoms with Crippen LogP contribution in [0, 0.1) is 0 Å². The summed E-state index contributed by atoms with van der Waals surface area (Å²) in [6.45, 7) is 0. The normalized spacial score (nSPS) is 11.1. The summed E-state index contributed by atoms with van der Waals surface area (Å²) in [5, 5.41) is 9.63. The summed E-state index contributed by atoms with van der Waals surface area (Å²) in [6, 6.07) is 174. The Morgan fingerprint density at radius 1 is 0.121 bits per heavy atom. The third kappa shape index (κ3) is 14.5. The van der Waals surface area contributed by atoms with Gasteiger partial charge in [0.05, 0.1) is 11.4 Å². The lowest BCUT2D eigenvalue weighted by atomic mass is 9.84. The molecule has 0 spiro atoms. The van der Waals surface area contributed by atoms with E-state index in [4.69, 9.17) is 0 Å². The molecule has 0 heterocycles. The minimum Gasteiger partial charge on any atom is -0.310 e. The molecule has 0 bridgehead atoms. The zero-order valence-corrected chi connectivity index (χ0v) is 64.0. The Bertz CT molecular complexity index is 6410. The number of hydrogen-bond acceptors (Lipinski definition) is 4. The molecular weight excluding hydrogens is 1400 g/mol. The van der Waals surface area contributed by atoms with Crippen molar-refractivity contribution in [2.75, 3.05) is 19.6 Å². The lowest BCUT2D eigenvalue weighted by Gasteiger charge is -2.28. The van der Waals surface area contributed by atoms with Crippen molar-refractivity contribution in [3.05, 3.63) is 485 Å². The van der Waals surface area contributed by atoms with Gasteiger partial charge in [0.25, 0.3) is 0 Å². The van der Waals surface area contributed by atoms with Gasteiger partial charge in [0.15, 0.2) is 0 Å². The zero-order chi connectivity index (χ0) is 77.4. The SMILES string of the molecule is c1ccc(-c2cccc(-c3ccc(N(c4ccccc4)c4ccccc4)c4ccccc34)c2-c2ccc(N(c3ccccc3)c3ccccc3)c3ccccc23)cc1.c1ccc(N(c2ccccc2)c2ccc3cc(-c4ccc(-c5ccc(-c6ccc7cc(N(c8ccccc8)c8ccccc8)ccc7c6)cc5)cc4)ccc3c2)cc1. The third-order valence-electron chi connectivity index (χ3n) is 22.0. The molecule has 0 saturated heterocycles.